The SMILES string of the molecule is Cc1ccc(CN2CCC(N)C2)cc1F.Cl. The number of hydrogen-bond acceptors (Lipinski definition) is 2. The maximum Gasteiger partial charge on any atom is 0.126 e. The van der Waals surface area contributed by atoms with E-state index in [4.69, 9.17) is 5.73 Å². The zero-order valence-electron chi connectivity index (χ0n) is 9.45. The van der Waals surface area contributed by atoms with Crippen LogP contribution >= 0.6 is 12.4 Å². The molecule has 1 aliphatic rings. The first-order valence-electron chi connectivity index (χ1n) is 5.38. The highest BCUT2D eigenvalue weighted by molar-refractivity contribution is 5.85. The van der Waals surface area contributed by atoms with Gasteiger partial charge < -0.3 is 5.73 Å². The van der Waals surface area contributed by atoms with Crippen LogP contribution in [0, 0.1) is 12.7 Å². The molecule has 16 heavy (non-hydrogen) atoms. The molecule has 1 aromatic rings. The Morgan fingerprint density at radius 3 is 2.81 bits per heavy atom. The van der Waals surface area contributed by atoms with Crippen molar-refractivity contribution in [1.29, 1.82) is 0 Å². The molecule has 2 N–H and O–H groups in total. The van der Waals surface area contributed by atoms with Crippen molar-refractivity contribution >= 4 is 12.4 Å². The van der Waals surface area contributed by atoms with Crippen LogP contribution in [0.25, 0.3) is 0 Å². The molecule has 0 bridgehead atoms. The van der Waals surface area contributed by atoms with Gasteiger partial charge in [-0.2, -0.15) is 0 Å². The molecule has 1 saturated heterocycles. The number of rotatable bonds is 2. The number of aryl methyl sites for hydroxylation is 1. The van der Waals surface area contributed by atoms with Crippen LogP contribution in [0.4, 0.5) is 4.39 Å². The highest BCUT2D eigenvalue weighted by atomic mass is 35.5. The molecule has 1 aliphatic heterocycles. The highest BCUT2D eigenvalue weighted by Crippen LogP contribution is 2.14. The minimum absolute atomic E-state index is 0. The van der Waals surface area contributed by atoms with Gasteiger partial charge in [-0.3, -0.25) is 4.90 Å². The molecule has 0 aliphatic carbocycles. The van der Waals surface area contributed by atoms with Gasteiger partial charge in [0.1, 0.15) is 5.82 Å². The summed E-state index contributed by atoms with van der Waals surface area (Å²) >= 11 is 0. The van der Waals surface area contributed by atoms with E-state index < -0.39 is 0 Å². The first kappa shape index (κ1) is 13.4. The standard InChI is InChI=1S/C12H17FN2.ClH/c1-9-2-3-10(6-12(9)13)7-15-5-4-11(14)8-15;/h2-3,6,11H,4-5,7-8,14H2,1H3;1H. The summed E-state index contributed by atoms with van der Waals surface area (Å²) in [6.07, 6.45) is 1.05. The molecule has 1 unspecified atom stereocenters. The second kappa shape index (κ2) is 5.62. The number of halogens is 2. The average molecular weight is 245 g/mol. The molecule has 1 heterocycles. The second-order valence-corrected chi connectivity index (χ2v) is 4.37. The van der Waals surface area contributed by atoms with Crippen LogP contribution in [-0.2, 0) is 6.54 Å². The molecule has 0 saturated carbocycles. The monoisotopic (exact) mass is 244 g/mol. The van der Waals surface area contributed by atoms with Crippen molar-refractivity contribution in [3.8, 4) is 0 Å². The van der Waals surface area contributed by atoms with Crippen molar-refractivity contribution in [3.05, 3.63) is 35.1 Å². The van der Waals surface area contributed by atoms with Gasteiger partial charge in [-0.05, 0) is 30.5 Å². The lowest BCUT2D eigenvalue weighted by Gasteiger charge is -2.15. The summed E-state index contributed by atoms with van der Waals surface area (Å²) in [6.45, 7) is 4.54. The zero-order valence-corrected chi connectivity index (χ0v) is 10.3. The van der Waals surface area contributed by atoms with Crippen LogP contribution in [0.2, 0.25) is 0 Å². The summed E-state index contributed by atoms with van der Waals surface area (Å²) in [5, 5.41) is 0. The molecule has 0 aromatic heterocycles. The third-order valence-electron chi connectivity index (χ3n) is 2.95. The molecular formula is C12H18ClFN2. The van der Waals surface area contributed by atoms with Gasteiger partial charge in [-0.1, -0.05) is 12.1 Å². The van der Waals surface area contributed by atoms with Crippen molar-refractivity contribution in [2.75, 3.05) is 13.1 Å². The fourth-order valence-electron chi connectivity index (χ4n) is 2.00. The number of nitrogens with two attached hydrogens (primary N) is 1. The van der Waals surface area contributed by atoms with Gasteiger partial charge >= 0.3 is 0 Å². The Kier molecular flexibility index (Phi) is 4.71. The van der Waals surface area contributed by atoms with Crippen molar-refractivity contribution in [1.82, 2.24) is 4.90 Å². The van der Waals surface area contributed by atoms with Gasteiger partial charge in [0.15, 0.2) is 0 Å². The lowest BCUT2D eigenvalue weighted by Crippen LogP contribution is -2.26. The van der Waals surface area contributed by atoms with Crippen LogP contribution in [0.15, 0.2) is 18.2 Å². The summed E-state index contributed by atoms with van der Waals surface area (Å²) in [5.41, 5.74) is 7.56. The molecule has 2 rings (SSSR count). The van der Waals surface area contributed by atoms with E-state index in [0.717, 1.165) is 31.6 Å². The second-order valence-electron chi connectivity index (χ2n) is 4.37. The maximum atomic E-state index is 13.3. The van der Waals surface area contributed by atoms with Crippen molar-refractivity contribution < 1.29 is 4.39 Å². The third kappa shape index (κ3) is 3.17. The van der Waals surface area contributed by atoms with Gasteiger partial charge in [-0.25, -0.2) is 4.39 Å². The van der Waals surface area contributed by atoms with Gasteiger partial charge in [0.2, 0.25) is 0 Å². The van der Waals surface area contributed by atoms with Crippen LogP contribution in [0.1, 0.15) is 17.5 Å². The Morgan fingerprint density at radius 2 is 2.25 bits per heavy atom. The van der Waals surface area contributed by atoms with E-state index in [1.165, 1.54) is 0 Å². The Morgan fingerprint density at radius 1 is 1.50 bits per heavy atom. The smallest absolute Gasteiger partial charge is 0.126 e. The van der Waals surface area contributed by atoms with Crippen LogP contribution in [-0.4, -0.2) is 24.0 Å². The predicted molar refractivity (Wildman–Crippen MR) is 66.3 cm³/mol. The summed E-state index contributed by atoms with van der Waals surface area (Å²) in [6, 6.07) is 5.74. The molecule has 4 heteroatoms. The number of hydrogen-bond donors (Lipinski definition) is 1. The average Bonchev–Trinajstić information content (AvgIpc) is 2.58. The van der Waals surface area contributed by atoms with E-state index in [2.05, 4.69) is 4.90 Å². The molecule has 0 radical (unpaired) electrons. The van der Waals surface area contributed by atoms with Crippen LogP contribution in [0.3, 0.4) is 0 Å². The minimum Gasteiger partial charge on any atom is -0.326 e. The molecular weight excluding hydrogens is 227 g/mol. The lowest BCUT2D eigenvalue weighted by molar-refractivity contribution is 0.326. The molecule has 90 valence electrons. The Labute approximate surface area is 102 Å². The van der Waals surface area contributed by atoms with Crippen molar-refractivity contribution in [2.45, 2.75) is 25.9 Å². The lowest BCUT2D eigenvalue weighted by atomic mass is 10.1. The number of benzene rings is 1. The zero-order chi connectivity index (χ0) is 10.8. The van der Waals surface area contributed by atoms with Crippen molar-refractivity contribution in [3.63, 3.8) is 0 Å². The molecule has 1 fully saturated rings. The van der Waals surface area contributed by atoms with E-state index >= 15 is 0 Å². The maximum absolute atomic E-state index is 13.3. The van der Waals surface area contributed by atoms with E-state index in [0.29, 0.717) is 11.6 Å². The molecule has 2 nitrogen and oxygen atoms in total. The van der Waals surface area contributed by atoms with E-state index in [1.807, 2.05) is 12.1 Å². The highest BCUT2D eigenvalue weighted by Gasteiger charge is 2.18. The first-order chi connectivity index (χ1) is 7.15. The summed E-state index contributed by atoms with van der Waals surface area (Å²) in [4.78, 5) is 2.27. The Hall–Kier alpha value is -0.640. The number of nitrogens with zero attached hydrogens (tertiary/aromatic N) is 1. The molecule has 0 spiro atoms. The van der Waals surface area contributed by atoms with Crippen molar-refractivity contribution in [2.24, 2.45) is 5.73 Å². The topological polar surface area (TPSA) is 29.3 Å². The van der Waals surface area contributed by atoms with E-state index in [-0.39, 0.29) is 18.2 Å². The normalized spacial score (nSPS) is 20.8. The van der Waals surface area contributed by atoms with Crippen LogP contribution in [0.5, 0.6) is 0 Å². The van der Waals surface area contributed by atoms with E-state index in [9.17, 15) is 4.39 Å². The fraction of sp³-hybridized carbons (Fsp3) is 0.500. The quantitative estimate of drug-likeness (QED) is 0.863. The van der Waals surface area contributed by atoms with Gasteiger partial charge in [-0.15, -0.1) is 12.4 Å². The Bertz CT molecular complexity index is 357. The fourth-order valence-corrected chi connectivity index (χ4v) is 2.00. The summed E-state index contributed by atoms with van der Waals surface area (Å²) in [5.74, 6) is -0.115. The minimum atomic E-state index is -0.115. The molecule has 1 aromatic carbocycles. The third-order valence-corrected chi connectivity index (χ3v) is 2.95. The molecule has 1 atom stereocenters. The van der Waals surface area contributed by atoms with E-state index in [1.54, 1.807) is 13.0 Å². The van der Waals surface area contributed by atoms with Gasteiger partial charge in [0.25, 0.3) is 0 Å². The summed E-state index contributed by atoms with van der Waals surface area (Å²) < 4.78 is 13.3. The van der Waals surface area contributed by atoms with Gasteiger partial charge in [0.05, 0.1) is 0 Å². The first-order valence-corrected chi connectivity index (χ1v) is 5.38. The summed E-state index contributed by atoms with van der Waals surface area (Å²) in [7, 11) is 0. The van der Waals surface area contributed by atoms with Gasteiger partial charge in [0, 0.05) is 25.7 Å². The largest absolute Gasteiger partial charge is 0.326 e. The molecule has 0 amide bonds. The number of likely N-dealkylation sites (tertiary alicyclic amines) is 1. The van der Waals surface area contributed by atoms with Crippen LogP contribution < -0.4 is 5.73 Å². The Balaban J connectivity index is 0.00000128. The predicted octanol–water partition coefficient (Wildman–Crippen LogP) is 2.09.